The van der Waals surface area contributed by atoms with Crippen LogP contribution in [-0.2, 0) is 13.3 Å². The van der Waals surface area contributed by atoms with Crippen LogP contribution in [0.2, 0.25) is 0 Å². The van der Waals surface area contributed by atoms with Crippen molar-refractivity contribution in [2.24, 2.45) is 17.4 Å². The van der Waals surface area contributed by atoms with Gasteiger partial charge in [-0.15, -0.1) is 0 Å². The average Bonchev–Trinajstić information content (AvgIpc) is 2.19. The third-order valence-corrected chi connectivity index (χ3v) is 5.71. The molecule has 0 radical (unpaired) electrons. The van der Waals surface area contributed by atoms with Gasteiger partial charge in [0.2, 0.25) is 0 Å². The van der Waals surface area contributed by atoms with Gasteiger partial charge in [0.05, 0.1) is 5.67 Å². The molecule has 0 aliphatic carbocycles. The van der Waals surface area contributed by atoms with Gasteiger partial charge in [-0.2, -0.15) is 0 Å². The van der Waals surface area contributed by atoms with E-state index >= 15 is 0 Å². The van der Waals surface area contributed by atoms with Crippen molar-refractivity contribution in [3.05, 3.63) is 0 Å². The summed E-state index contributed by atoms with van der Waals surface area (Å²) >= 11 is 0. The van der Waals surface area contributed by atoms with Crippen LogP contribution in [0.25, 0.3) is 0 Å². The first-order chi connectivity index (χ1) is 6.45. The van der Waals surface area contributed by atoms with Crippen LogP contribution >= 0.6 is 0 Å². The molecule has 86 valence electrons. The van der Waals surface area contributed by atoms with E-state index in [1.165, 1.54) is 0 Å². The number of rotatable bonds is 6. The summed E-state index contributed by atoms with van der Waals surface area (Å²) in [6, 6.07) is -0.0164. The molecule has 0 heterocycles. The fourth-order valence-corrected chi connectivity index (χ4v) is 3.57. The monoisotopic (exact) mass is 222 g/mol. The summed E-state index contributed by atoms with van der Waals surface area (Å²) in [6.07, 6.45) is 0. The molecule has 0 bridgehead atoms. The van der Waals surface area contributed by atoms with E-state index in [0.717, 1.165) is 0 Å². The topological polar surface area (TPSA) is 79.7 Å². The van der Waals surface area contributed by atoms with E-state index in [9.17, 15) is 0 Å². The Kier molecular flexibility index (Phi) is 5.80. The Morgan fingerprint density at radius 3 is 1.50 bits per heavy atom. The summed E-state index contributed by atoms with van der Waals surface area (Å²) in [7, 11) is 1.90. The molecule has 3 atom stereocenters. The van der Waals surface area contributed by atoms with Crippen LogP contribution in [0.4, 0.5) is 0 Å². The molecule has 5 nitrogen and oxygen atoms in total. The van der Waals surface area contributed by atoms with Crippen molar-refractivity contribution in [2.75, 3.05) is 21.3 Å². The van der Waals surface area contributed by atoms with Gasteiger partial charge in [-0.05, 0) is 12.8 Å². The van der Waals surface area contributed by atoms with E-state index in [1.807, 2.05) is 13.8 Å². The lowest BCUT2D eigenvalue weighted by atomic mass is 10.1. The lowest BCUT2D eigenvalue weighted by Gasteiger charge is -2.34. The quantitative estimate of drug-likeness (QED) is 0.604. The Morgan fingerprint density at radius 2 is 1.29 bits per heavy atom. The molecule has 0 aromatic carbocycles. The van der Waals surface area contributed by atoms with Crippen molar-refractivity contribution in [2.45, 2.75) is 25.6 Å². The molecule has 0 spiro atoms. The smallest absolute Gasteiger partial charge is 0.376 e. The van der Waals surface area contributed by atoms with Gasteiger partial charge in [0.15, 0.2) is 0 Å². The SMILES string of the molecule is CO[Si](OC)(OC)C(N)C(C)C(C)N. The Hall–Kier alpha value is 0.0169. The molecule has 0 fully saturated rings. The van der Waals surface area contributed by atoms with Gasteiger partial charge in [-0.3, -0.25) is 0 Å². The zero-order valence-electron chi connectivity index (χ0n) is 9.61. The Labute approximate surface area is 87.1 Å². The van der Waals surface area contributed by atoms with Gasteiger partial charge >= 0.3 is 8.80 Å². The minimum absolute atomic E-state index is 0.0164. The lowest BCUT2D eigenvalue weighted by molar-refractivity contribution is 0.103. The van der Waals surface area contributed by atoms with Crippen LogP contribution < -0.4 is 11.5 Å². The molecule has 3 unspecified atom stereocenters. The van der Waals surface area contributed by atoms with Crippen LogP contribution in [-0.4, -0.2) is 41.8 Å². The summed E-state index contributed by atoms with van der Waals surface area (Å²) in [6.45, 7) is 3.87. The van der Waals surface area contributed by atoms with Gasteiger partial charge in [0, 0.05) is 27.4 Å². The molecule has 0 aromatic rings. The molecular formula is C8H22N2O3Si. The second-order valence-electron chi connectivity index (χ2n) is 3.46. The van der Waals surface area contributed by atoms with Gasteiger partial charge < -0.3 is 24.7 Å². The molecule has 14 heavy (non-hydrogen) atoms. The van der Waals surface area contributed by atoms with E-state index in [0.29, 0.717) is 0 Å². The minimum atomic E-state index is -2.75. The fourth-order valence-electron chi connectivity index (χ4n) is 1.31. The molecule has 0 aromatic heterocycles. The minimum Gasteiger partial charge on any atom is -0.376 e. The van der Waals surface area contributed by atoms with Crippen LogP contribution in [0.1, 0.15) is 13.8 Å². The van der Waals surface area contributed by atoms with E-state index in [-0.39, 0.29) is 17.6 Å². The molecule has 0 rings (SSSR count). The fraction of sp³-hybridized carbons (Fsp3) is 1.00. The number of hydrogen-bond donors (Lipinski definition) is 2. The Bertz CT molecular complexity index is 156. The van der Waals surface area contributed by atoms with E-state index < -0.39 is 8.80 Å². The summed E-state index contributed by atoms with van der Waals surface area (Å²) in [5.74, 6) is 0.0847. The first-order valence-electron chi connectivity index (χ1n) is 4.61. The molecule has 6 heteroatoms. The van der Waals surface area contributed by atoms with Gasteiger partial charge in [-0.1, -0.05) is 6.92 Å². The highest BCUT2D eigenvalue weighted by Crippen LogP contribution is 2.18. The Balaban J connectivity index is 4.66. The third kappa shape index (κ3) is 2.75. The standard InChI is InChI=1S/C8H22N2O3Si/c1-6(7(2)9)8(10)14(11-3,12-4)13-5/h6-8H,9-10H2,1-5H3. The summed E-state index contributed by atoms with van der Waals surface area (Å²) in [5.41, 5.74) is 11.5. The van der Waals surface area contributed by atoms with E-state index in [2.05, 4.69) is 0 Å². The van der Waals surface area contributed by atoms with Gasteiger partial charge in [-0.25, -0.2) is 0 Å². The van der Waals surface area contributed by atoms with Gasteiger partial charge in [0.25, 0.3) is 0 Å². The summed E-state index contributed by atoms with van der Waals surface area (Å²) in [5, 5.41) is 0. The third-order valence-electron chi connectivity index (χ3n) is 2.66. The predicted octanol–water partition coefficient (Wildman–Crippen LogP) is -0.286. The second-order valence-corrected chi connectivity index (χ2v) is 6.56. The maximum Gasteiger partial charge on any atom is 0.518 e. The molecule has 0 aliphatic rings. The van der Waals surface area contributed by atoms with Crippen molar-refractivity contribution >= 4 is 8.80 Å². The second kappa shape index (κ2) is 5.79. The average molecular weight is 222 g/mol. The van der Waals surface area contributed by atoms with E-state index in [1.54, 1.807) is 21.3 Å². The normalized spacial score (nSPS) is 19.1. The zero-order valence-corrected chi connectivity index (χ0v) is 10.6. The lowest BCUT2D eigenvalue weighted by Crippen LogP contribution is -2.63. The Morgan fingerprint density at radius 1 is 0.929 bits per heavy atom. The molecule has 4 N–H and O–H groups in total. The largest absolute Gasteiger partial charge is 0.518 e. The van der Waals surface area contributed by atoms with E-state index in [4.69, 9.17) is 24.7 Å². The first-order valence-corrected chi connectivity index (χ1v) is 6.42. The molecule has 0 saturated carbocycles. The molecular weight excluding hydrogens is 200 g/mol. The van der Waals surface area contributed by atoms with Crippen LogP contribution in [0, 0.1) is 5.92 Å². The van der Waals surface area contributed by atoms with Crippen molar-refractivity contribution in [1.29, 1.82) is 0 Å². The molecule has 0 aliphatic heterocycles. The highest BCUT2D eigenvalue weighted by molar-refractivity contribution is 6.62. The maximum absolute atomic E-state index is 6.04. The van der Waals surface area contributed by atoms with Crippen LogP contribution in [0.3, 0.4) is 0 Å². The van der Waals surface area contributed by atoms with Crippen LogP contribution in [0.15, 0.2) is 0 Å². The first kappa shape index (κ1) is 14.0. The molecule has 0 saturated heterocycles. The zero-order chi connectivity index (χ0) is 11.4. The van der Waals surface area contributed by atoms with Crippen LogP contribution in [0.5, 0.6) is 0 Å². The highest BCUT2D eigenvalue weighted by atomic mass is 28.4. The van der Waals surface area contributed by atoms with Crippen molar-refractivity contribution in [1.82, 2.24) is 0 Å². The van der Waals surface area contributed by atoms with Crippen molar-refractivity contribution in [3.8, 4) is 0 Å². The summed E-state index contributed by atoms with van der Waals surface area (Å²) in [4.78, 5) is 0. The number of hydrogen-bond acceptors (Lipinski definition) is 5. The highest BCUT2D eigenvalue weighted by Gasteiger charge is 2.48. The molecule has 0 amide bonds. The van der Waals surface area contributed by atoms with Crippen molar-refractivity contribution < 1.29 is 13.3 Å². The maximum atomic E-state index is 6.04. The number of nitrogens with two attached hydrogens (primary N) is 2. The summed E-state index contributed by atoms with van der Waals surface area (Å²) < 4.78 is 15.8. The van der Waals surface area contributed by atoms with Gasteiger partial charge in [0.1, 0.15) is 0 Å². The van der Waals surface area contributed by atoms with Crippen molar-refractivity contribution in [3.63, 3.8) is 0 Å². The predicted molar refractivity (Wildman–Crippen MR) is 57.6 cm³/mol.